The van der Waals surface area contributed by atoms with Crippen molar-refractivity contribution in [3.05, 3.63) is 0 Å². The third kappa shape index (κ3) is 2.30. The molecule has 0 aliphatic carbocycles. The Balaban J connectivity index is 2.08. The van der Waals surface area contributed by atoms with Crippen molar-refractivity contribution < 1.29 is 0 Å². The van der Waals surface area contributed by atoms with Crippen molar-refractivity contribution in [3.63, 3.8) is 0 Å². The Morgan fingerprint density at radius 1 is 1.44 bits per heavy atom. The highest BCUT2D eigenvalue weighted by Gasteiger charge is 2.07. The monoisotopic (exact) mass is 128 g/mol. The first-order valence-electron chi connectivity index (χ1n) is 3.56. The molecule has 0 unspecified atom stereocenters. The first-order valence-corrected chi connectivity index (χ1v) is 3.56. The molecule has 3 heteroatoms. The number of hydrogen-bond donors (Lipinski definition) is 1. The molecular weight excluding hydrogens is 114 g/mol. The number of nitrogens with one attached hydrogen (secondary N) is 1. The van der Waals surface area contributed by atoms with E-state index in [1.165, 1.54) is 0 Å². The van der Waals surface area contributed by atoms with Gasteiger partial charge >= 0.3 is 0 Å². The van der Waals surface area contributed by atoms with Gasteiger partial charge in [-0.3, -0.25) is 0 Å². The van der Waals surface area contributed by atoms with Crippen molar-refractivity contribution >= 4 is 0 Å². The van der Waals surface area contributed by atoms with Crippen LogP contribution in [-0.4, -0.2) is 37.7 Å². The summed E-state index contributed by atoms with van der Waals surface area (Å²) in [6.07, 6.45) is 0. The van der Waals surface area contributed by atoms with Crippen LogP contribution in [0.2, 0.25) is 0 Å². The topological polar surface area (TPSA) is 29.4 Å². The average molecular weight is 128 g/mol. The van der Waals surface area contributed by atoms with Gasteiger partial charge in [-0.05, 0) is 6.92 Å². The quantitative estimate of drug-likeness (QED) is 0.539. The fourth-order valence-corrected chi connectivity index (χ4v) is 0.994. The van der Waals surface area contributed by atoms with E-state index >= 15 is 0 Å². The zero-order chi connectivity index (χ0) is 6.53. The predicted molar refractivity (Wildman–Crippen MR) is 37.1 cm³/mol. The Morgan fingerprint density at radius 2 is 2.11 bits per heavy atom. The van der Waals surface area contributed by atoms with Crippen LogP contribution in [-0.2, 0) is 0 Å². The molecule has 1 heterocycles. The maximum Gasteiger partial charge on any atom is 0.0278 e. The predicted octanol–water partition coefficient (Wildman–Crippen LogP) is -0.569. The Labute approximate surface area is 56.4 Å². The van der Waals surface area contributed by atoms with E-state index in [-0.39, 0.29) is 0 Å². The maximum atomic E-state index is 4.28. The summed E-state index contributed by atoms with van der Waals surface area (Å²) in [7, 11) is 0. The number of hydrogen-bond acceptors (Lipinski definition) is 2. The Bertz CT molecular complexity index is 65.9. The molecule has 0 atom stereocenters. The summed E-state index contributed by atoms with van der Waals surface area (Å²) in [4.78, 5) is 0. The molecule has 0 saturated carbocycles. The molecule has 9 heavy (non-hydrogen) atoms. The van der Waals surface area contributed by atoms with E-state index in [0.29, 0.717) is 0 Å². The molecular formula is C6H14N3. The van der Waals surface area contributed by atoms with Gasteiger partial charge < -0.3 is 5.32 Å². The normalized spacial score (nSPS) is 22.3. The molecule has 0 amide bonds. The van der Waals surface area contributed by atoms with Crippen molar-refractivity contribution in [1.29, 1.82) is 0 Å². The number of rotatable bonds is 2. The van der Waals surface area contributed by atoms with E-state index < -0.39 is 0 Å². The number of piperazine rings is 1. The fourth-order valence-electron chi connectivity index (χ4n) is 0.994. The molecule has 53 valence electrons. The second-order valence-electron chi connectivity index (χ2n) is 2.16. The highest BCUT2D eigenvalue weighted by atomic mass is 15.5. The minimum Gasteiger partial charge on any atom is -0.314 e. The summed E-state index contributed by atoms with van der Waals surface area (Å²) in [6.45, 7) is 7.32. The maximum absolute atomic E-state index is 4.28. The van der Waals surface area contributed by atoms with Crippen LogP contribution in [0.15, 0.2) is 0 Å². The second-order valence-corrected chi connectivity index (χ2v) is 2.16. The highest BCUT2D eigenvalue weighted by Crippen LogP contribution is 1.86. The summed E-state index contributed by atoms with van der Waals surface area (Å²) in [5.41, 5.74) is 4.28. The van der Waals surface area contributed by atoms with Crippen LogP contribution in [0.4, 0.5) is 0 Å². The first-order chi connectivity index (χ1) is 4.43. The summed E-state index contributed by atoms with van der Waals surface area (Å²) >= 11 is 0. The Kier molecular flexibility index (Phi) is 2.97. The molecule has 1 radical (unpaired) electrons. The van der Waals surface area contributed by atoms with Gasteiger partial charge in [0.25, 0.3) is 0 Å². The minimum atomic E-state index is 0.917. The van der Waals surface area contributed by atoms with Crippen LogP contribution < -0.4 is 10.7 Å². The van der Waals surface area contributed by atoms with Gasteiger partial charge in [-0.2, -0.15) is 5.43 Å². The fraction of sp³-hybridized carbons (Fsp3) is 1.00. The van der Waals surface area contributed by atoms with Crippen molar-refractivity contribution in [2.24, 2.45) is 0 Å². The summed E-state index contributed by atoms with van der Waals surface area (Å²) in [5.74, 6) is 0. The third-order valence-corrected chi connectivity index (χ3v) is 1.43. The molecule has 1 N–H and O–H groups in total. The molecule has 3 nitrogen and oxygen atoms in total. The molecule has 0 aromatic carbocycles. The van der Waals surface area contributed by atoms with Gasteiger partial charge in [0.05, 0.1) is 0 Å². The van der Waals surface area contributed by atoms with Gasteiger partial charge in [-0.1, -0.05) is 0 Å². The molecule has 0 spiro atoms. The third-order valence-electron chi connectivity index (χ3n) is 1.43. The molecule has 1 aliphatic heterocycles. The summed E-state index contributed by atoms with van der Waals surface area (Å²) in [5, 5.41) is 5.41. The highest BCUT2D eigenvalue weighted by molar-refractivity contribution is 4.62. The molecule has 1 fully saturated rings. The Hall–Kier alpha value is -0.120. The van der Waals surface area contributed by atoms with Crippen molar-refractivity contribution in [2.75, 3.05) is 32.7 Å². The van der Waals surface area contributed by atoms with Crippen LogP contribution in [0, 0.1) is 0 Å². The van der Waals surface area contributed by atoms with Crippen LogP contribution in [0.25, 0.3) is 0 Å². The molecule has 1 rings (SSSR count). The number of nitrogens with zero attached hydrogens (tertiary/aromatic N) is 2. The van der Waals surface area contributed by atoms with Crippen molar-refractivity contribution in [3.8, 4) is 0 Å². The van der Waals surface area contributed by atoms with Gasteiger partial charge in [0, 0.05) is 32.7 Å². The lowest BCUT2D eigenvalue weighted by Gasteiger charge is -2.25. The second kappa shape index (κ2) is 3.82. The van der Waals surface area contributed by atoms with E-state index in [0.717, 1.165) is 32.7 Å². The first kappa shape index (κ1) is 6.99. The zero-order valence-electron chi connectivity index (χ0n) is 5.93. The van der Waals surface area contributed by atoms with E-state index in [2.05, 4.69) is 22.7 Å². The smallest absolute Gasteiger partial charge is 0.0278 e. The lowest BCUT2D eigenvalue weighted by atomic mass is 10.4. The average Bonchev–Trinajstić information content (AvgIpc) is 1.91. The van der Waals surface area contributed by atoms with Gasteiger partial charge in [0.1, 0.15) is 0 Å². The lowest BCUT2D eigenvalue weighted by molar-refractivity contribution is 0.162. The standard InChI is InChI=1S/C6H14N3/c1-2-8-9-5-3-7-4-6-9/h7H,2-6H2,1H3. The Morgan fingerprint density at radius 3 is 2.67 bits per heavy atom. The molecule has 0 bridgehead atoms. The molecule has 1 aliphatic rings. The van der Waals surface area contributed by atoms with E-state index in [1.807, 2.05) is 0 Å². The summed E-state index contributed by atoms with van der Waals surface area (Å²) in [6, 6.07) is 0. The van der Waals surface area contributed by atoms with Crippen molar-refractivity contribution in [2.45, 2.75) is 6.92 Å². The van der Waals surface area contributed by atoms with Gasteiger partial charge in [-0.25, -0.2) is 5.01 Å². The van der Waals surface area contributed by atoms with Crippen LogP contribution in [0.3, 0.4) is 0 Å². The molecule has 0 aromatic rings. The van der Waals surface area contributed by atoms with Gasteiger partial charge in [0.15, 0.2) is 0 Å². The van der Waals surface area contributed by atoms with E-state index in [4.69, 9.17) is 0 Å². The molecule has 1 saturated heterocycles. The van der Waals surface area contributed by atoms with Crippen LogP contribution in [0.5, 0.6) is 0 Å². The SMILES string of the molecule is CC[N]N1CCNCC1. The minimum absolute atomic E-state index is 0.917. The van der Waals surface area contributed by atoms with Gasteiger partial charge in [0.2, 0.25) is 0 Å². The van der Waals surface area contributed by atoms with Crippen molar-refractivity contribution in [1.82, 2.24) is 15.8 Å². The van der Waals surface area contributed by atoms with Crippen LogP contribution >= 0.6 is 0 Å². The van der Waals surface area contributed by atoms with Crippen LogP contribution in [0.1, 0.15) is 6.92 Å². The van der Waals surface area contributed by atoms with Gasteiger partial charge in [-0.15, -0.1) is 0 Å². The summed E-state index contributed by atoms with van der Waals surface area (Å²) < 4.78 is 0. The van der Waals surface area contributed by atoms with E-state index in [1.54, 1.807) is 0 Å². The largest absolute Gasteiger partial charge is 0.314 e. The molecule has 0 aromatic heterocycles. The lowest BCUT2D eigenvalue weighted by Crippen LogP contribution is -2.46. The zero-order valence-corrected chi connectivity index (χ0v) is 5.93. The van der Waals surface area contributed by atoms with E-state index in [9.17, 15) is 0 Å².